The standard InChI is InChI=1S/C41H65NO5/c1-25(2)34-31(43)22-41(20-21-42-24-26-10-9-11-26)19-18-40(8)30(35(34)41)14-13-29-27-12-15-32(47-33(44)23-37(3,4)36(45)46)38(5,6)28(27)16-17-39(29,40)7/h25-30,32,42H,9-24H2,1-8H3,(H,45,46). The molecule has 5 fully saturated rings. The van der Waals surface area contributed by atoms with Crippen LogP contribution in [0.1, 0.15) is 145 Å². The van der Waals surface area contributed by atoms with E-state index >= 15 is 0 Å². The average molecular weight is 652 g/mol. The summed E-state index contributed by atoms with van der Waals surface area (Å²) in [5.41, 5.74) is 1.97. The molecule has 0 aliphatic heterocycles. The molecule has 8 atom stereocenters. The summed E-state index contributed by atoms with van der Waals surface area (Å²) in [5.74, 6) is 2.46. The van der Waals surface area contributed by atoms with Crippen LogP contribution in [-0.4, -0.2) is 42.0 Å². The fraction of sp³-hybridized carbons (Fsp3) is 0.878. The normalized spacial score (nSPS) is 39.9. The van der Waals surface area contributed by atoms with Crippen LogP contribution in [0.5, 0.6) is 0 Å². The van der Waals surface area contributed by atoms with Crippen molar-refractivity contribution >= 4 is 17.7 Å². The van der Waals surface area contributed by atoms with Crippen molar-refractivity contribution in [3.63, 3.8) is 0 Å². The first-order chi connectivity index (χ1) is 22.0. The maximum atomic E-state index is 13.9. The third-order valence-corrected chi connectivity index (χ3v) is 15.8. The van der Waals surface area contributed by atoms with Gasteiger partial charge in [-0.3, -0.25) is 14.4 Å². The number of hydrogen-bond donors (Lipinski definition) is 2. The van der Waals surface area contributed by atoms with E-state index < -0.39 is 11.4 Å². The van der Waals surface area contributed by atoms with Gasteiger partial charge in [0, 0.05) is 17.3 Å². The number of ether oxygens (including phenoxy) is 1. The lowest BCUT2D eigenvalue weighted by Crippen LogP contribution is -2.62. The van der Waals surface area contributed by atoms with Crippen molar-refractivity contribution < 1.29 is 24.2 Å². The highest BCUT2D eigenvalue weighted by Gasteiger charge is 2.67. The molecule has 6 heteroatoms. The number of carbonyl (C=O) groups excluding carboxylic acids is 2. The van der Waals surface area contributed by atoms with E-state index in [2.05, 4.69) is 46.9 Å². The van der Waals surface area contributed by atoms with Crippen LogP contribution in [0.25, 0.3) is 0 Å². The number of esters is 1. The van der Waals surface area contributed by atoms with E-state index in [4.69, 9.17) is 4.74 Å². The summed E-state index contributed by atoms with van der Waals surface area (Å²) in [5, 5.41) is 13.4. The van der Waals surface area contributed by atoms with Crippen molar-refractivity contribution in [2.24, 2.45) is 62.6 Å². The first-order valence-corrected chi connectivity index (χ1v) is 19.4. The Morgan fingerprint density at radius 2 is 1.66 bits per heavy atom. The maximum absolute atomic E-state index is 13.9. The van der Waals surface area contributed by atoms with Crippen molar-refractivity contribution in [1.82, 2.24) is 5.32 Å². The van der Waals surface area contributed by atoms with E-state index in [-0.39, 0.29) is 46.1 Å². The number of nitrogens with one attached hydrogen (secondary N) is 1. The highest BCUT2D eigenvalue weighted by molar-refractivity contribution is 6.00. The number of carboxylic acids is 1. The lowest BCUT2D eigenvalue weighted by molar-refractivity contribution is -0.202. The minimum Gasteiger partial charge on any atom is -0.481 e. The SMILES string of the molecule is CC(C)C1=C2C3CCC4C5CCC(OC(=O)CC(C)(C)C(=O)O)C(C)(C)C5CCC4(C)C3(C)CCC2(CCNCC2CCC2)CC1=O. The number of Topliss-reactive ketones (excluding diaryl/α,β-unsaturated/α-hetero) is 1. The Morgan fingerprint density at radius 1 is 0.936 bits per heavy atom. The summed E-state index contributed by atoms with van der Waals surface area (Å²) in [6.07, 6.45) is 14.7. The number of hydrogen-bond acceptors (Lipinski definition) is 5. The van der Waals surface area contributed by atoms with E-state index in [9.17, 15) is 19.5 Å². The van der Waals surface area contributed by atoms with E-state index in [1.54, 1.807) is 19.4 Å². The summed E-state index contributed by atoms with van der Waals surface area (Å²) in [4.78, 5) is 38.5. The zero-order valence-corrected chi connectivity index (χ0v) is 30.9. The van der Waals surface area contributed by atoms with Gasteiger partial charge in [0.15, 0.2) is 5.78 Å². The molecule has 6 nitrogen and oxygen atoms in total. The van der Waals surface area contributed by atoms with Gasteiger partial charge in [-0.15, -0.1) is 0 Å². The van der Waals surface area contributed by atoms with Gasteiger partial charge >= 0.3 is 11.9 Å². The molecule has 0 amide bonds. The topological polar surface area (TPSA) is 92.7 Å². The minimum absolute atomic E-state index is 0.0486. The number of fused-ring (bicyclic) bond motifs is 7. The molecule has 0 saturated heterocycles. The van der Waals surface area contributed by atoms with E-state index in [1.165, 1.54) is 50.5 Å². The first-order valence-electron chi connectivity index (χ1n) is 19.4. The monoisotopic (exact) mass is 651 g/mol. The zero-order chi connectivity index (χ0) is 34.2. The van der Waals surface area contributed by atoms with Gasteiger partial charge in [-0.05, 0) is 149 Å². The second-order valence-electron chi connectivity index (χ2n) is 19.2. The Bertz CT molecular complexity index is 1290. The van der Waals surface area contributed by atoms with Crippen LogP contribution in [0.15, 0.2) is 11.1 Å². The molecule has 0 aromatic heterocycles. The summed E-state index contributed by atoms with van der Waals surface area (Å²) in [6, 6.07) is 0. The molecule has 5 saturated carbocycles. The third kappa shape index (κ3) is 5.67. The van der Waals surface area contributed by atoms with E-state index in [0.29, 0.717) is 29.5 Å². The van der Waals surface area contributed by atoms with Crippen LogP contribution in [-0.2, 0) is 19.1 Å². The third-order valence-electron chi connectivity index (χ3n) is 15.8. The Balaban J connectivity index is 1.22. The molecule has 0 aromatic rings. The molecule has 2 N–H and O–H groups in total. The molecule has 0 heterocycles. The molecule has 264 valence electrons. The Morgan fingerprint density at radius 3 is 2.30 bits per heavy atom. The average Bonchev–Trinajstić information content (AvgIpc) is 3.25. The first kappa shape index (κ1) is 35.1. The van der Waals surface area contributed by atoms with Crippen molar-refractivity contribution in [3.05, 3.63) is 11.1 Å². The van der Waals surface area contributed by atoms with Crippen LogP contribution < -0.4 is 5.32 Å². The second kappa shape index (κ2) is 12.3. The fourth-order valence-electron chi connectivity index (χ4n) is 12.5. The predicted octanol–water partition coefficient (Wildman–Crippen LogP) is 8.77. The molecule has 0 bridgehead atoms. The number of allylic oxidation sites excluding steroid dienone is 2. The molecule has 6 rings (SSSR count). The lowest BCUT2D eigenvalue weighted by Gasteiger charge is -2.69. The van der Waals surface area contributed by atoms with Gasteiger partial charge in [0.1, 0.15) is 6.10 Å². The number of rotatable bonds is 10. The maximum Gasteiger partial charge on any atom is 0.309 e. The van der Waals surface area contributed by atoms with Crippen molar-refractivity contribution in [2.45, 2.75) is 151 Å². The van der Waals surface area contributed by atoms with Crippen molar-refractivity contribution in [3.8, 4) is 0 Å². The summed E-state index contributed by atoms with van der Waals surface area (Å²) in [6.45, 7) is 19.7. The molecule has 8 unspecified atom stereocenters. The highest BCUT2D eigenvalue weighted by Crippen LogP contribution is 2.74. The predicted molar refractivity (Wildman–Crippen MR) is 186 cm³/mol. The minimum atomic E-state index is -1.13. The van der Waals surface area contributed by atoms with Gasteiger partial charge in [0.05, 0.1) is 11.8 Å². The van der Waals surface area contributed by atoms with E-state index in [1.807, 2.05) is 0 Å². The van der Waals surface area contributed by atoms with Crippen LogP contribution in [0, 0.1) is 62.6 Å². The van der Waals surface area contributed by atoms with Gasteiger partial charge in [0.25, 0.3) is 0 Å². The van der Waals surface area contributed by atoms with Crippen molar-refractivity contribution in [2.75, 3.05) is 13.1 Å². The lowest BCUT2D eigenvalue weighted by atomic mass is 9.36. The zero-order valence-electron chi connectivity index (χ0n) is 30.9. The van der Waals surface area contributed by atoms with Crippen LogP contribution >= 0.6 is 0 Å². The van der Waals surface area contributed by atoms with Crippen LogP contribution in [0.3, 0.4) is 0 Å². The molecule has 47 heavy (non-hydrogen) atoms. The van der Waals surface area contributed by atoms with Crippen LogP contribution in [0.2, 0.25) is 0 Å². The second-order valence-corrected chi connectivity index (χ2v) is 19.2. The van der Waals surface area contributed by atoms with Crippen molar-refractivity contribution in [1.29, 1.82) is 0 Å². The highest BCUT2D eigenvalue weighted by atomic mass is 16.5. The molecular formula is C41H65NO5. The molecular weight excluding hydrogens is 586 g/mol. The summed E-state index contributed by atoms with van der Waals surface area (Å²) >= 11 is 0. The molecule has 0 radical (unpaired) electrons. The summed E-state index contributed by atoms with van der Waals surface area (Å²) in [7, 11) is 0. The largest absolute Gasteiger partial charge is 0.481 e. The van der Waals surface area contributed by atoms with Gasteiger partial charge < -0.3 is 15.2 Å². The Kier molecular flexibility index (Phi) is 9.17. The Labute approximate surface area is 285 Å². The molecule has 6 aliphatic carbocycles. The number of carboxylic acid groups (broad SMARTS) is 1. The number of ketones is 1. The van der Waals surface area contributed by atoms with Gasteiger partial charge in [0.2, 0.25) is 0 Å². The number of aliphatic carboxylic acids is 1. The summed E-state index contributed by atoms with van der Waals surface area (Å²) < 4.78 is 6.13. The number of carbonyl (C=O) groups is 3. The molecule has 6 aliphatic rings. The van der Waals surface area contributed by atoms with Gasteiger partial charge in [-0.2, -0.15) is 0 Å². The molecule has 0 aromatic carbocycles. The van der Waals surface area contributed by atoms with Gasteiger partial charge in [-0.1, -0.05) is 53.5 Å². The molecule has 0 spiro atoms. The van der Waals surface area contributed by atoms with Gasteiger partial charge in [-0.25, -0.2) is 0 Å². The smallest absolute Gasteiger partial charge is 0.309 e. The Hall–Kier alpha value is -1.69. The quantitative estimate of drug-likeness (QED) is 0.181. The van der Waals surface area contributed by atoms with E-state index in [0.717, 1.165) is 57.5 Å². The van der Waals surface area contributed by atoms with Crippen LogP contribution in [0.4, 0.5) is 0 Å². The fourth-order valence-corrected chi connectivity index (χ4v) is 12.5.